The Bertz CT molecular complexity index is 452. The SMILES string of the molecule is CC(C)CC(/C=C/C(=O)O)NC(=O)C(C)NC(=O)OC(C)(C)C. The van der Waals surface area contributed by atoms with E-state index >= 15 is 0 Å². The lowest BCUT2D eigenvalue weighted by Gasteiger charge is -2.23. The minimum Gasteiger partial charge on any atom is -0.478 e. The zero-order valence-electron chi connectivity index (χ0n) is 14.7. The lowest BCUT2D eigenvalue weighted by Crippen LogP contribution is -2.49. The fourth-order valence-corrected chi connectivity index (χ4v) is 1.75. The molecule has 0 aromatic carbocycles. The molecule has 0 saturated carbocycles. The van der Waals surface area contributed by atoms with Crippen LogP contribution in [0.15, 0.2) is 12.2 Å². The summed E-state index contributed by atoms with van der Waals surface area (Å²) in [5, 5.41) is 13.9. The summed E-state index contributed by atoms with van der Waals surface area (Å²) >= 11 is 0. The minimum absolute atomic E-state index is 0.271. The van der Waals surface area contributed by atoms with Gasteiger partial charge in [-0.05, 0) is 40.0 Å². The quantitative estimate of drug-likeness (QED) is 0.621. The van der Waals surface area contributed by atoms with E-state index in [1.807, 2.05) is 13.8 Å². The first-order valence-corrected chi connectivity index (χ1v) is 7.61. The average molecular weight is 328 g/mol. The number of ether oxygens (including phenoxy) is 1. The number of carboxylic acids is 1. The maximum Gasteiger partial charge on any atom is 0.408 e. The summed E-state index contributed by atoms with van der Waals surface area (Å²) in [6.07, 6.45) is 2.34. The maximum atomic E-state index is 12.1. The second-order valence-electron chi connectivity index (χ2n) is 6.81. The molecule has 0 rings (SSSR count). The highest BCUT2D eigenvalue weighted by molar-refractivity contribution is 5.86. The molecule has 7 nitrogen and oxygen atoms in total. The normalized spacial score (nSPS) is 14.4. The molecule has 23 heavy (non-hydrogen) atoms. The van der Waals surface area contributed by atoms with Crippen molar-refractivity contribution in [2.24, 2.45) is 5.92 Å². The van der Waals surface area contributed by atoms with Crippen molar-refractivity contribution in [3.63, 3.8) is 0 Å². The zero-order chi connectivity index (χ0) is 18.2. The first kappa shape index (κ1) is 20.9. The van der Waals surface area contributed by atoms with Crippen LogP contribution in [0.5, 0.6) is 0 Å². The van der Waals surface area contributed by atoms with Gasteiger partial charge in [0.2, 0.25) is 5.91 Å². The van der Waals surface area contributed by atoms with Crippen molar-refractivity contribution in [1.82, 2.24) is 10.6 Å². The Labute approximate surface area is 137 Å². The van der Waals surface area contributed by atoms with Crippen LogP contribution in [0.3, 0.4) is 0 Å². The fourth-order valence-electron chi connectivity index (χ4n) is 1.75. The van der Waals surface area contributed by atoms with Gasteiger partial charge in [0.25, 0.3) is 0 Å². The molecule has 0 heterocycles. The van der Waals surface area contributed by atoms with Gasteiger partial charge >= 0.3 is 12.1 Å². The van der Waals surface area contributed by atoms with Crippen molar-refractivity contribution in [2.45, 2.75) is 65.6 Å². The van der Waals surface area contributed by atoms with Crippen LogP contribution >= 0.6 is 0 Å². The molecule has 0 aliphatic rings. The van der Waals surface area contributed by atoms with Crippen molar-refractivity contribution < 1.29 is 24.2 Å². The van der Waals surface area contributed by atoms with Gasteiger partial charge in [-0.1, -0.05) is 19.9 Å². The second kappa shape index (κ2) is 9.17. The molecule has 2 unspecified atom stereocenters. The summed E-state index contributed by atoms with van der Waals surface area (Å²) in [5.41, 5.74) is -0.648. The highest BCUT2D eigenvalue weighted by Crippen LogP contribution is 2.08. The molecule has 132 valence electrons. The number of carbonyl (C=O) groups is 3. The fraction of sp³-hybridized carbons (Fsp3) is 0.688. The smallest absolute Gasteiger partial charge is 0.408 e. The van der Waals surface area contributed by atoms with E-state index in [0.717, 1.165) is 6.08 Å². The highest BCUT2D eigenvalue weighted by atomic mass is 16.6. The van der Waals surface area contributed by atoms with Gasteiger partial charge in [-0.2, -0.15) is 0 Å². The molecule has 0 aromatic heterocycles. The predicted octanol–water partition coefficient (Wildman–Crippen LogP) is 2.07. The number of carbonyl (C=O) groups excluding carboxylic acids is 2. The summed E-state index contributed by atoms with van der Waals surface area (Å²) < 4.78 is 5.09. The molecule has 0 spiro atoms. The maximum absolute atomic E-state index is 12.1. The number of nitrogens with one attached hydrogen (secondary N) is 2. The molecule has 2 atom stereocenters. The molecule has 0 aromatic rings. The zero-order valence-corrected chi connectivity index (χ0v) is 14.7. The average Bonchev–Trinajstić information content (AvgIpc) is 2.32. The van der Waals surface area contributed by atoms with Gasteiger partial charge in [-0.15, -0.1) is 0 Å². The Morgan fingerprint density at radius 2 is 1.70 bits per heavy atom. The van der Waals surface area contributed by atoms with E-state index in [9.17, 15) is 14.4 Å². The van der Waals surface area contributed by atoms with E-state index in [0.29, 0.717) is 6.42 Å². The van der Waals surface area contributed by atoms with Crippen molar-refractivity contribution in [2.75, 3.05) is 0 Å². The molecule has 0 radical (unpaired) electrons. The standard InChI is InChI=1S/C16H28N2O5/c1-10(2)9-12(7-8-13(19)20)18-14(21)11(3)17-15(22)23-16(4,5)6/h7-8,10-12H,9H2,1-6H3,(H,17,22)(H,18,21)(H,19,20)/b8-7+. The van der Waals surface area contributed by atoms with Crippen LogP contribution in [0.4, 0.5) is 4.79 Å². The lowest BCUT2D eigenvalue weighted by atomic mass is 10.0. The van der Waals surface area contributed by atoms with Gasteiger partial charge in [-0.3, -0.25) is 4.79 Å². The number of carboxylic acid groups (broad SMARTS) is 1. The van der Waals surface area contributed by atoms with Gasteiger partial charge in [0.15, 0.2) is 0 Å². The van der Waals surface area contributed by atoms with Gasteiger partial charge in [-0.25, -0.2) is 9.59 Å². The van der Waals surface area contributed by atoms with E-state index < -0.39 is 35.7 Å². The summed E-state index contributed by atoms with van der Waals surface area (Å²) in [6, 6.07) is -1.21. The van der Waals surface area contributed by atoms with Gasteiger partial charge < -0.3 is 20.5 Å². The third-order valence-corrected chi connectivity index (χ3v) is 2.65. The number of hydrogen-bond donors (Lipinski definition) is 3. The Kier molecular flexibility index (Phi) is 8.35. The van der Waals surface area contributed by atoms with Crippen molar-refractivity contribution >= 4 is 18.0 Å². The number of hydrogen-bond acceptors (Lipinski definition) is 4. The molecule has 0 fully saturated rings. The van der Waals surface area contributed by atoms with Crippen molar-refractivity contribution in [3.8, 4) is 0 Å². The summed E-state index contributed by atoms with van der Waals surface area (Å²) in [7, 11) is 0. The van der Waals surface area contributed by atoms with Crippen LogP contribution in [0.25, 0.3) is 0 Å². The first-order chi connectivity index (χ1) is 10.4. The monoisotopic (exact) mass is 328 g/mol. The van der Waals surface area contributed by atoms with Gasteiger partial charge in [0.1, 0.15) is 11.6 Å². The summed E-state index contributed by atoms with van der Waals surface area (Å²) in [4.78, 5) is 34.4. The van der Waals surface area contributed by atoms with E-state index in [1.165, 1.54) is 13.0 Å². The van der Waals surface area contributed by atoms with Crippen LogP contribution in [-0.2, 0) is 14.3 Å². The number of amides is 2. The summed E-state index contributed by atoms with van der Waals surface area (Å²) in [5.74, 6) is -1.21. The summed E-state index contributed by atoms with van der Waals surface area (Å²) in [6.45, 7) is 10.7. The van der Waals surface area contributed by atoms with Crippen molar-refractivity contribution in [3.05, 3.63) is 12.2 Å². The molecule has 0 aliphatic heterocycles. The van der Waals surface area contributed by atoms with Crippen LogP contribution in [0.1, 0.15) is 48.0 Å². The highest BCUT2D eigenvalue weighted by Gasteiger charge is 2.22. The van der Waals surface area contributed by atoms with Crippen LogP contribution in [0.2, 0.25) is 0 Å². The predicted molar refractivity (Wildman–Crippen MR) is 87.0 cm³/mol. The molecule has 7 heteroatoms. The third kappa shape index (κ3) is 11.2. The Balaban J connectivity index is 4.65. The number of alkyl carbamates (subject to hydrolysis) is 1. The van der Waals surface area contributed by atoms with E-state index in [1.54, 1.807) is 20.8 Å². The second-order valence-corrected chi connectivity index (χ2v) is 6.81. The molecule has 0 aliphatic carbocycles. The van der Waals surface area contributed by atoms with Crippen LogP contribution in [0, 0.1) is 5.92 Å². The first-order valence-electron chi connectivity index (χ1n) is 7.61. The third-order valence-electron chi connectivity index (χ3n) is 2.65. The molecule has 0 bridgehead atoms. The van der Waals surface area contributed by atoms with E-state index in [4.69, 9.17) is 9.84 Å². The molecule has 2 amide bonds. The van der Waals surface area contributed by atoms with Gasteiger partial charge in [0, 0.05) is 12.1 Å². The number of rotatable bonds is 7. The Hall–Kier alpha value is -2.05. The van der Waals surface area contributed by atoms with Crippen LogP contribution < -0.4 is 10.6 Å². The molecule has 0 saturated heterocycles. The lowest BCUT2D eigenvalue weighted by molar-refractivity contribution is -0.131. The molecular weight excluding hydrogens is 300 g/mol. The van der Waals surface area contributed by atoms with E-state index in [-0.39, 0.29) is 5.92 Å². The van der Waals surface area contributed by atoms with Crippen molar-refractivity contribution in [1.29, 1.82) is 0 Å². The van der Waals surface area contributed by atoms with Gasteiger partial charge in [0.05, 0.1) is 0 Å². The van der Waals surface area contributed by atoms with E-state index in [2.05, 4.69) is 10.6 Å². The molecule has 3 N–H and O–H groups in total. The molecular formula is C16H28N2O5. The Morgan fingerprint density at radius 1 is 1.13 bits per heavy atom. The number of aliphatic carboxylic acids is 1. The topological polar surface area (TPSA) is 105 Å². The minimum atomic E-state index is -1.08. The van der Waals surface area contributed by atoms with Crippen LogP contribution in [-0.4, -0.2) is 40.8 Å². The largest absolute Gasteiger partial charge is 0.478 e. The Morgan fingerprint density at radius 3 is 2.13 bits per heavy atom.